The Balaban J connectivity index is 2.38. The molecule has 0 saturated heterocycles. The molecule has 1 atom stereocenters. The van der Waals surface area contributed by atoms with Crippen molar-refractivity contribution in [2.75, 3.05) is 17.1 Å². The summed E-state index contributed by atoms with van der Waals surface area (Å²) in [5.41, 5.74) is 2.95. The largest absolute Gasteiger partial charge is 0.350 e. The number of aryl methyl sites for hydroxylation is 2. The predicted molar refractivity (Wildman–Crippen MR) is 137 cm³/mol. The average Bonchev–Trinajstić information content (AvgIpc) is 2.74. The quantitative estimate of drug-likeness (QED) is 0.585. The van der Waals surface area contributed by atoms with Crippen molar-refractivity contribution < 1.29 is 18.0 Å². The summed E-state index contributed by atoms with van der Waals surface area (Å²) in [6.07, 6.45) is 1.90. The second kappa shape index (κ2) is 11.0. The number of sulfonamides is 1. The molecule has 7 nitrogen and oxygen atoms in total. The molecule has 1 N–H and O–H groups in total. The van der Waals surface area contributed by atoms with Crippen LogP contribution in [0.2, 0.25) is 0 Å². The summed E-state index contributed by atoms with van der Waals surface area (Å²) in [4.78, 5) is 27.9. The van der Waals surface area contributed by atoms with Gasteiger partial charge in [0, 0.05) is 12.1 Å². The Morgan fingerprint density at radius 1 is 0.971 bits per heavy atom. The molecule has 0 aliphatic carbocycles. The van der Waals surface area contributed by atoms with Gasteiger partial charge in [-0.25, -0.2) is 8.42 Å². The fourth-order valence-electron chi connectivity index (χ4n) is 3.46. The highest BCUT2D eigenvalue weighted by atomic mass is 32.2. The number of rotatable bonds is 9. The summed E-state index contributed by atoms with van der Waals surface area (Å²) in [6.45, 7) is 11.0. The predicted octanol–water partition coefficient (Wildman–Crippen LogP) is 3.66. The minimum absolute atomic E-state index is 0.185. The number of hydrogen-bond donors (Lipinski definition) is 1. The first kappa shape index (κ1) is 27.4. The molecular weight excluding hydrogens is 450 g/mol. The fourth-order valence-corrected chi connectivity index (χ4v) is 4.31. The number of carbonyl (C=O) groups excluding carboxylic acids is 2. The van der Waals surface area contributed by atoms with Gasteiger partial charge in [-0.3, -0.25) is 13.9 Å². The van der Waals surface area contributed by atoms with E-state index in [2.05, 4.69) is 5.32 Å². The summed E-state index contributed by atoms with van der Waals surface area (Å²) >= 11 is 0. The molecule has 0 heterocycles. The Kier molecular flexibility index (Phi) is 8.89. The number of anilines is 1. The molecule has 2 amide bonds. The third kappa shape index (κ3) is 7.87. The van der Waals surface area contributed by atoms with Crippen LogP contribution in [0.3, 0.4) is 0 Å². The first-order valence-electron chi connectivity index (χ1n) is 11.4. The van der Waals surface area contributed by atoms with E-state index in [1.807, 2.05) is 71.0 Å². The van der Waals surface area contributed by atoms with Gasteiger partial charge in [-0.1, -0.05) is 48.9 Å². The zero-order chi connectivity index (χ0) is 25.7. The van der Waals surface area contributed by atoms with E-state index < -0.39 is 34.1 Å². The van der Waals surface area contributed by atoms with Crippen LogP contribution in [-0.2, 0) is 32.6 Å². The first-order valence-corrected chi connectivity index (χ1v) is 13.3. The Morgan fingerprint density at radius 2 is 1.50 bits per heavy atom. The van der Waals surface area contributed by atoms with Crippen LogP contribution in [0.4, 0.5) is 5.69 Å². The van der Waals surface area contributed by atoms with Crippen molar-refractivity contribution in [3.63, 3.8) is 0 Å². The molecule has 8 heteroatoms. The lowest BCUT2D eigenvalue weighted by molar-refractivity contribution is -0.140. The molecule has 34 heavy (non-hydrogen) atoms. The van der Waals surface area contributed by atoms with Crippen molar-refractivity contribution in [1.82, 2.24) is 10.2 Å². The minimum Gasteiger partial charge on any atom is -0.350 e. The Labute approximate surface area is 204 Å². The Morgan fingerprint density at radius 3 is 1.97 bits per heavy atom. The first-order chi connectivity index (χ1) is 15.7. The second-order valence-corrected chi connectivity index (χ2v) is 11.6. The van der Waals surface area contributed by atoms with Gasteiger partial charge in [0.1, 0.15) is 12.6 Å². The molecule has 2 aromatic carbocycles. The smallest absolute Gasteiger partial charge is 0.244 e. The van der Waals surface area contributed by atoms with Crippen LogP contribution in [0, 0.1) is 6.92 Å². The van der Waals surface area contributed by atoms with E-state index in [9.17, 15) is 18.0 Å². The highest BCUT2D eigenvalue weighted by Gasteiger charge is 2.31. The fraction of sp³-hybridized carbons (Fsp3) is 0.462. The molecule has 2 rings (SSSR count). The third-order valence-electron chi connectivity index (χ3n) is 5.45. The summed E-state index contributed by atoms with van der Waals surface area (Å²) in [5.74, 6) is -0.756. The third-order valence-corrected chi connectivity index (χ3v) is 6.59. The summed E-state index contributed by atoms with van der Waals surface area (Å²) < 4.78 is 26.3. The van der Waals surface area contributed by atoms with E-state index in [0.717, 1.165) is 33.7 Å². The van der Waals surface area contributed by atoms with Crippen molar-refractivity contribution in [1.29, 1.82) is 0 Å². The molecular formula is C26H37N3O4S. The molecule has 186 valence electrons. The maximum Gasteiger partial charge on any atom is 0.244 e. The van der Waals surface area contributed by atoms with E-state index in [0.29, 0.717) is 5.69 Å². The Hall–Kier alpha value is -2.87. The zero-order valence-corrected chi connectivity index (χ0v) is 22.1. The molecule has 1 unspecified atom stereocenters. The van der Waals surface area contributed by atoms with Crippen LogP contribution in [0.1, 0.15) is 51.3 Å². The summed E-state index contributed by atoms with van der Waals surface area (Å²) in [5, 5.41) is 2.91. The van der Waals surface area contributed by atoms with Gasteiger partial charge in [0.15, 0.2) is 0 Å². The molecule has 2 aromatic rings. The van der Waals surface area contributed by atoms with Crippen LogP contribution in [0.15, 0.2) is 48.5 Å². The van der Waals surface area contributed by atoms with E-state index in [1.165, 1.54) is 4.90 Å². The summed E-state index contributed by atoms with van der Waals surface area (Å²) in [7, 11) is -3.73. The normalized spacial score (nSPS) is 12.7. The van der Waals surface area contributed by atoms with Gasteiger partial charge in [-0.2, -0.15) is 0 Å². The number of benzene rings is 2. The number of carbonyl (C=O) groups is 2. The van der Waals surface area contributed by atoms with Crippen molar-refractivity contribution in [2.24, 2.45) is 0 Å². The van der Waals surface area contributed by atoms with Gasteiger partial charge in [-0.15, -0.1) is 0 Å². The van der Waals surface area contributed by atoms with E-state index in [-0.39, 0.29) is 12.5 Å². The van der Waals surface area contributed by atoms with Gasteiger partial charge in [0.25, 0.3) is 0 Å². The van der Waals surface area contributed by atoms with E-state index in [4.69, 9.17) is 0 Å². The molecule has 0 aliphatic heterocycles. The minimum atomic E-state index is -3.73. The van der Waals surface area contributed by atoms with E-state index >= 15 is 0 Å². The summed E-state index contributed by atoms with van der Waals surface area (Å²) in [6, 6.07) is 14.0. The lowest BCUT2D eigenvalue weighted by Crippen LogP contribution is -2.54. The maximum atomic E-state index is 13.5. The molecule has 0 spiro atoms. The highest BCUT2D eigenvalue weighted by molar-refractivity contribution is 7.92. The number of amides is 2. The molecule has 0 saturated carbocycles. The average molecular weight is 488 g/mol. The van der Waals surface area contributed by atoms with Crippen LogP contribution in [0.25, 0.3) is 0 Å². The monoisotopic (exact) mass is 487 g/mol. The number of nitrogens with zero attached hydrogens (tertiary/aromatic N) is 2. The van der Waals surface area contributed by atoms with Crippen molar-refractivity contribution in [3.05, 3.63) is 65.2 Å². The van der Waals surface area contributed by atoms with Gasteiger partial charge in [0.05, 0.1) is 11.9 Å². The van der Waals surface area contributed by atoms with Crippen molar-refractivity contribution >= 4 is 27.5 Å². The van der Waals surface area contributed by atoms with Crippen LogP contribution in [-0.4, -0.2) is 49.5 Å². The standard InChI is InChI=1S/C26H37N3O4S/c1-8-21-13-15-23(16-14-21)29(34(7,32)33)18-24(30)28(17-22-11-9-19(2)10-12-22)20(3)25(31)27-26(4,5)6/h9-16,20H,8,17-18H2,1-7H3,(H,27,31). The van der Waals surface area contributed by atoms with Gasteiger partial charge < -0.3 is 10.2 Å². The van der Waals surface area contributed by atoms with Crippen molar-refractivity contribution in [3.8, 4) is 0 Å². The van der Waals surface area contributed by atoms with Gasteiger partial charge >= 0.3 is 0 Å². The zero-order valence-electron chi connectivity index (χ0n) is 21.3. The SMILES string of the molecule is CCc1ccc(N(CC(=O)N(Cc2ccc(C)cc2)C(C)C(=O)NC(C)(C)C)S(C)(=O)=O)cc1. The van der Waals surface area contributed by atoms with Crippen LogP contribution < -0.4 is 9.62 Å². The Bertz CT molecular complexity index is 1090. The van der Waals surface area contributed by atoms with Gasteiger partial charge in [-0.05, 0) is 64.3 Å². The molecule has 0 bridgehead atoms. The lowest BCUT2D eigenvalue weighted by atomic mass is 10.1. The maximum absolute atomic E-state index is 13.5. The van der Waals surface area contributed by atoms with Crippen molar-refractivity contribution in [2.45, 2.75) is 66.1 Å². The highest BCUT2D eigenvalue weighted by Crippen LogP contribution is 2.20. The number of hydrogen-bond acceptors (Lipinski definition) is 4. The lowest BCUT2D eigenvalue weighted by Gasteiger charge is -2.33. The van der Waals surface area contributed by atoms with Crippen LogP contribution in [0.5, 0.6) is 0 Å². The second-order valence-electron chi connectivity index (χ2n) is 9.71. The molecule has 0 radical (unpaired) electrons. The molecule has 0 aromatic heterocycles. The van der Waals surface area contributed by atoms with E-state index in [1.54, 1.807) is 19.1 Å². The van der Waals surface area contributed by atoms with Gasteiger partial charge in [0.2, 0.25) is 21.8 Å². The molecule has 0 fully saturated rings. The molecule has 0 aliphatic rings. The van der Waals surface area contributed by atoms with Crippen LogP contribution >= 0.6 is 0 Å². The topological polar surface area (TPSA) is 86.8 Å². The number of nitrogens with one attached hydrogen (secondary N) is 1.